The predicted octanol–water partition coefficient (Wildman–Crippen LogP) is 5.00. The van der Waals surface area contributed by atoms with Gasteiger partial charge in [0, 0.05) is 16.9 Å². The zero-order chi connectivity index (χ0) is 24.4. The van der Waals surface area contributed by atoms with Gasteiger partial charge in [0.2, 0.25) is 0 Å². The van der Waals surface area contributed by atoms with Gasteiger partial charge in [-0.2, -0.15) is 0 Å². The highest BCUT2D eigenvalue weighted by Crippen LogP contribution is 2.31. The first-order valence-corrected chi connectivity index (χ1v) is 10.8. The number of hydrogen-bond acceptors (Lipinski definition) is 5. The number of hydrogen-bond donors (Lipinski definition) is 2. The van der Waals surface area contributed by atoms with E-state index in [0.29, 0.717) is 22.7 Å². The Morgan fingerprint density at radius 1 is 0.853 bits per heavy atom. The molecule has 1 aliphatic heterocycles. The van der Waals surface area contributed by atoms with Crippen LogP contribution in [0.2, 0.25) is 0 Å². The van der Waals surface area contributed by atoms with Gasteiger partial charge in [0.1, 0.15) is 16.5 Å². The van der Waals surface area contributed by atoms with E-state index in [1.165, 1.54) is 7.11 Å². The van der Waals surface area contributed by atoms with Crippen molar-refractivity contribution < 1.29 is 19.1 Å². The minimum Gasteiger partial charge on any atom is -0.497 e. The summed E-state index contributed by atoms with van der Waals surface area (Å²) in [4.78, 5) is 39.2. The molecule has 2 N–H and O–H groups in total. The third-order valence-electron chi connectivity index (χ3n) is 5.25. The fraction of sp³-hybridized carbons (Fsp3) is 0.115. The summed E-state index contributed by atoms with van der Waals surface area (Å²) in [5, 5.41) is 5.57. The maximum atomic E-state index is 12.9. The van der Waals surface area contributed by atoms with E-state index in [0.717, 1.165) is 21.7 Å². The van der Waals surface area contributed by atoms with E-state index in [9.17, 15) is 14.4 Å². The predicted molar refractivity (Wildman–Crippen MR) is 132 cm³/mol. The number of anilines is 3. The molecule has 1 heterocycles. The number of nitrogens with one attached hydrogen (secondary N) is 2. The molecule has 0 aliphatic carbocycles. The average Bonchev–Trinajstić information content (AvgIpc) is 3.02. The van der Waals surface area contributed by atoms with Crippen LogP contribution in [0.4, 0.5) is 17.1 Å². The minimum absolute atomic E-state index is 0.0325. The van der Waals surface area contributed by atoms with Crippen LogP contribution in [0.5, 0.6) is 5.75 Å². The Bertz CT molecular complexity index is 1290. The van der Waals surface area contributed by atoms with E-state index in [1.54, 1.807) is 48.5 Å². The number of benzene rings is 3. The molecule has 0 aromatic heterocycles. The number of halogens is 1. The number of aryl methyl sites for hydroxylation is 2. The lowest BCUT2D eigenvalue weighted by atomic mass is 10.1. The van der Waals surface area contributed by atoms with Crippen molar-refractivity contribution in [2.24, 2.45) is 0 Å². The lowest BCUT2D eigenvalue weighted by Gasteiger charge is -2.15. The number of amides is 3. The Labute approximate surface area is 202 Å². The van der Waals surface area contributed by atoms with Crippen LogP contribution in [0.25, 0.3) is 0 Å². The van der Waals surface area contributed by atoms with Crippen LogP contribution in [-0.2, 0) is 9.59 Å². The average molecular weight is 476 g/mol. The summed E-state index contributed by atoms with van der Waals surface area (Å²) in [6.07, 6.45) is 0. The summed E-state index contributed by atoms with van der Waals surface area (Å²) in [5.41, 5.74) is 4.13. The summed E-state index contributed by atoms with van der Waals surface area (Å²) >= 11 is 6.19. The quantitative estimate of drug-likeness (QED) is 0.490. The third-order valence-corrected chi connectivity index (χ3v) is 5.60. The molecule has 3 aromatic rings. The zero-order valence-electron chi connectivity index (χ0n) is 18.8. The molecule has 7 nitrogen and oxygen atoms in total. The molecule has 172 valence electrons. The Morgan fingerprint density at radius 3 is 2.06 bits per heavy atom. The minimum atomic E-state index is -0.622. The molecule has 0 saturated heterocycles. The topological polar surface area (TPSA) is 87.7 Å². The maximum absolute atomic E-state index is 12.9. The molecule has 34 heavy (non-hydrogen) atoms. The first-order chi connectivity index (χ1) is 16.3. The monoisotopic (exact) mass is 475 g/mol. The molecule has 1 aliphatic rings. The van der Waals surface area contributed by atoms with E-state index >= 15 is 0 Å². The van der Waals surface area contributed by atoms with Crippen molar-refractivity contribution in [3.63, 3.8) is 0 Å². The molecule has 0 atom stereocenters. The van der Waals surface area contributed by atoms with Crippen LogP contribution in [0.3, 0.4) is 0 Å². The Morgan fingerprint density at radius 2 is 1.47 bits per heavy atom. The second kappa shape index (κ2) is 9.41. The van der Waals surface area contributed by atoms with Crippen LogP contribution in [0.1, 0.15) is 21.5 Å². The van der Waals surface area contributed by atoms with Gasteiger partial charge in [-0.3, -0.25) is 14.4 Å². The molecule has 3 aromatic carbocycles. The Balaban J connectivity index is 1.47. The van der Waals surface area contributed by atoms with Crippen molar-refractivity contribution in [3.05, 3.63) is 94.1 Å². The van der Waals surface area contributed by atoms with Gasteiger partial charge in [-0.15, -0.1) is 0 Å². The molecule has 0 fully saturated rings. The number of nitrogens with zero attached hydrogens (tertiary/aromatic N) is 1. The normalized spacial score (nSPS) is 13.4. The molecule has 0 bridgehead atoms. The summed E-state index contributed by atoms with van der Waals surface area (Å²) in [7, 11) is 1.53. The lowest BCUT2D eigenvalue weighted by molar-refractivity contribution is -0.120. The lowest BCUT2D eigenvalue weighted by Crippen LogP contribution is -2.32. The molecule has 0 spiro atoms. The van der Waals surface area contributed by atoms with Crippen molar-refractivity contribution in [2.75, 3.05) is 22.6 Å². The third kappa shape index (κ3) is 4.65. The van der Waals surface area contributed by atoms with E-state index in [4.69, 9.17) is 16.3 Å². The van der Waals surface area contributed by atoms with Crippen LogP contribution in [-0.4, -0.2) is 24.8 Å². The molecule has 3 amide bonds. The number of carbonyl (C=O) groups excluding carboxylic acids is 3. The molecule has 0 radical (unpaired) electrons. The summed E-state index contributed by atoms with van der Waals surface area (Å²) in [6.45, 7) is 3.93. The maximum Gasteiger partial charge on any atom is 0.283 e. The smallest absolute Gasteiger partial charge is 0.283 e. The number of rotatable bonds is 6. The highest BCUT2D eigenvalue weighted by atomic mass is 35.5. The van der Waals surface area contributed by atoms with Gasteiger partial charge in [-0.25, -0.2) is 4.90 Å². The first kappa shape index (κ1) is 23.1. The van der Waals surface area contributed by atoms with E-state index < -0.39 is 11.8 Å². The molecular weight excluding hydrogens is 454 g/mol. The standard InChI is InChI=1S/C26H22ClN3O4/c1-15-12-16(2)14-19(13-15)29-24(31)17-4-6-18(7-5-17)28-23-22(27)25(32)30(26(23)33)20-8-10-21(34-3)11-9-20/h4-14,28H,1-3H3,(H,29,31). The van der Waals surface area contributed by atoms with Gasteiger partial charge in [-0.05, 0) is 85.6 Å². The fourth-order valence-corrected chi connectivity index (χ4v) is 3.89. The van der Waals surface area contributed by atoms with Gasteiger partial charge >= 0.3 is 0 Å². The summed E-state index contributed by atoms with van der Waals surface area (Å²) in [6, 6.07) is 18.8. The number of carbonyl (C=O) groups is 3. The molecule has 0 saturated carbocycles. The van der Waals surface area contributed by atoms with Crippen molar-refractivity contribution in [1.29, 1.82) is 0 Å². The molecule has 0 unspecified atom stereocenters. The van der Waals surface area contributed by atoms with Crippen LogP contribution in [0, 0.1) is 13.8 Å². The second-order valence-corrected chi connectivity index (χ2v) is 8.24. The van der Waals surface area contributed by atoms with E-state index in [1.807, 2.05) is 32.0 Å². The zero-order valence-corrected chi connectivity index (χ0v) is 19.6. The molecule has 8 heteroatoms. The van der Waals surface area contributed by atoms with Gasteiger partial charge in [0.05, 0.1) is 12.8 Å². The van der Waals surface area contributed by atoms with Crippen LogP contribution >= 0.6 is 11.6 Å². The molecule has 4 rings (SSSR count). The first-order valence-electron chi connectivity index (χ1n) is 10.5. The van der Waals surface area contributed by atoms with Crippen LogP contribution in [0.15, 0.2) is 77.5 Å². The fourth-order valence-electron chi connectivity index (χ4n) is 3.68. The highest BCUT2D eigenvalue weighted by Gasteiger charge is 2.38. The van der Waals surface area contributed by atoms with Crippen molar-refractivity contribution in [2.45, 2.75) is 13.8 Å². The summed E-state index contributed by atoms with van der Waals surface area (Å²) in [5.74, 6) is -0.853. The van der Waals surface area contributed by atoms with Crippen molar-refractivity contribution >= 4 is 46.4 Å². The van der Waals surface area contributed by atoms with E-state index in [2.05, 4.69) is 10.6 Å². The SMILES string of the molecule is COc1ccc(N2C(=O)C(Cl)=C(Nc3ccc(C(=O)Nc4cc(C)cc(C)c4)cc3)C2=O)cc1. The highest BCUT2D eigenvalue weighted by molar-refractivity contribution is 6.53. The number of imide groups is 1. The van der Waals surface area contributed by atoms with Gasteiger partial charge < -0.3 is 15.4 Å². The molecular formula is C26H22ClN3O4. The van der Waals surface area contributed by atoms with Gasteiger partial charge in [-0.1, -0.05) is 17.7 Å². The van der Waals surface area contributed by atoms with Gasteiger partial charge in [0.25, 0.3) is 17.7 Å². The van der Waals surface area contributed by atoms with Gasteiger partial charge in [0.15, 0.2) is 0 Å². The number of methoxy groups -OCH3 is 1. The Kier molecular flexibility index (Phi) is 6.38. The largest absolute Gasteiger partial charge is 0.497 e. The van der Waals surface area contributed by atoms with Crippen LogP contribution < -0.4 is 20.3 Å². The Hall–Kier alpha value is -4.10. The van der Waals surface area contributed by atoms with Crippen molar-refractivity contribution in [1.82, 2.24) is 0 Å². The van der Waals surface area contributed by atoms with Crippen molar-refractivity contribution in [3.8, 4) is 5.75 Å². The van der Waals surface area contributed by atoms with E-state index in [-0.39, 0.29) is 16.6 Å². The summed E-state index contributed by atoms with van der Waals surface area (Å²) < 4.78 is 5.11. The number of ether oxygens (including phenoxy) is 1. The second-order valence-electron chi connectivity index (χ2n) is 7.87.